The second-order valence-corrected chi connectivity index (χ2v) is 4.84. The number of nitrogens with two attached hydrogens (primary N) is 1. The van der Waals surface area contributed by atoms with Crippen LogP contribution in [-0.4, -0.2) is 30.0 Å². The van der Waals surface area contributed by atoms with Crippen LogP contribution in [0.3, 0.4) is 0 Å². The molecule has 0 aromatic heterocycles. The van der Waals surface area contributed by atoms with Gasteiger partial charge in [0.2, 0.25) is 5.91 Å². The lowest BCUT2D eigenvalue weighted by atomic mass is 10.1. The second kappa shape index (κ2) is 6.27. The molecule has 0 bridgehead atoms. The van der Waals surface area contributed by atoms with Crippen molar-refractivity contribution in [1.29, 1.82) is 0 Å². The number of carbonyl (C=O) groups is 1. The Hall–Kier alpha value is -0.220. The van der Waals surface area contributed by atoms with Crippen LogP contribution in [0, 0.1) is 5.92 Å². The quantitative estimate of drug-likeness (QED) is 0.697. The molecular formula is C9H20N2OS. The molecule has 0 aliphatic heterocycles. The van der Waals surface area contributed by atoms with Gasteiger partial charge in [0.05, 0.1) is 6.04 Å². The summed E-state index contributed by atoms with van der Waals surface area (Å²) in [5, 5.41) is 3.28. The van der Waals surface area contributed by atoms with Gasteiger partial charge in [-0.1, -0.05) is 20.8 Å². The summed E-state index contributed by atoms with van der Waals surface area (Å²) >= 11 is 1.73. The Labute approximate surface area is 84.8 Å². The number of hydrogen-bond donors (Lipinski definition) is 2. The van der Waals surface area contributed by atoms with Gasteiger partial charge in [0, 0.05) is 11.8 Å². The molecule has 3 N–H and O–H groups in total. The Morgan fingerprint density at radius 3 is 2.38 bits per heavy atom. The van der Waals surface area contributed by atoms with Gasteiger partial charge >= 0.3 is 0 Å². The highest BCUT2D eigenvalue weighted by atomic mass is 32.2. The molecular weight excluding hydrogens is 184 g/mol. The lowest BCUT2D eigenvalue weighted by Crippen LogP contribution is -2.45. The first-order valence-corrected chi connectivity index (χ1v) is 5.84. The molecule has 0 saturated carbocycles. The van der Waals surface area contributed by atoms with E-state index in [1.54, 1.807) is 11.8 Å². The SMILES string of the molecule is CSC(C)CNC(=O)[C@H](N)C(C)C. The zero-order valence-corrected chi connectivity index (χ0v) is 9.65. The van der Waals surface area contributed by atoms with Gasteiger partial charge in [0.15, 0.2) is 0 Å². The van der Waals surface area contributed by atoms with Crippen molar-refractivity contribution in [1.82, 2.24) is 5.32 Å². The van der Waals surface area contributed by atoms with Gasteiger partial charge < -0.3 is 11.1 Å². The molecule has 0 aliphatic carbocycles. The van der Waals surface area contributed by atoms with Crippen LogP contribution in [0.15, 0.2) is 0 Å². The van der Waals surface area contributed by atoms with Gasteiger partial charge in [-0.2, -0.15) is 11.8 Å². The van der Waals surface area contributed by atoms with Gasteiger partial charge in [0.1, 0.15) is 0 Å². The van der Waals surface area contributed by atoms with Crippen molar-refractivity contribution in [2.75, 3.05) is 12.8 Å². The van der Waals surface area contributed by atoms with Crippen LogP contribution in [0.4, 0.5) is 0 Å². The summed E-state index contributed by atoms with van der Waals surface area (Å²) in [6.45, 7) is 6.66. The maximum absolute atomic E-state index is 11.4. The van der Waals surface area contributed by atoms with E-state index in [2.05, 4.69) is 12.2 Å². The van der Waals surface area contributed by atoms with Crippen molar-refractivity contribution < 1.29 is 4.79 Å². The summed E-state index contributed by atoms with van der Waals surface area (Å²) in [5.74, 6) is 0.153. The number of thioether (sulfide) groups is 1. The Morgan fingerprint density at radius 2 is 2.00 bits per heavy atom. The first kappa shape index (κ1) is 12.8. The van der Waals surface area contributed by atoms with E-state index >= 15 is 0 Å². The highest BCUT2D eigenvalue weighted by molar-refractivity contribution is 7.99. The third kappa shape index (κ3) is 5.16. The molecule has 0 heterocycles. The lowest BCUT2D eigenvalue weighted by molar-refractivity contribution is -0.123. The van der Waals surface area contributed by atoms with Crippen molar-refractivity contribution >= 4 is 17.7 Å². The number of amides is 1. The molecule has 0 fully saturated rings. The van der Waals surface area contributed by atoms with Gasteiger partial charge in [0.25, 0.3) is 0 Å². The number of carbonyl (C=O) groups excluding carboxylic acids is 1. The van der Waals surface area contributed by atoms with Gasteiger partial charge in [-0.15, -0.1) is 0 Å². The minimum atomic E-state index is -0.381. The molecule has 0 radical (unpaired) electrons. The molecule has 0 aliphatic rings. The predicted octanol–water partition coefficient (Wildman–Crippen LogP) is 0.837. The molecule has 2 atom stereocenters. The zero-order valence-electron chi connectivity index (χ0n) is 8.83. The maximum atomic E-state index is 11.4. The second-order valence-electron chi connectivity index (χ2n) is 3.56. The predicted molar refractivity (Wildman–Crippen MR) is 58.8 cm³/mol. The molecule has 0 aromatic carbocycles. The van der Waals surface area contributed by atoms with Gasteiger partial charge in [-0.25, -0.2) is 0 Å². The van der Waals surface area contributed by atoms with Crippen molar-refractivity contribution in [2.45, 2.75) is 32.1 Å². The third-order valence-electron chi connectivity index (χ3n) is 1.99. The van der Waals surface area contributed by atoms with E-state index in [4.69, 9.17) is 5.73 Å². The summed E-state index contributed by atoms with van der Waals surface area (Å²) in [6, 6.07) is -0.381. The topological polar surface area (TPSA) is 55.1 Å². The van der Waals surface area contributed by atoms with Crippen LogP contribution in [0.5, 0.6) is 0 Å². The average molecular weight is 204 g/mol. The van der Waals surface area contributed by atoms with E-state index in [-0.39, 0.29) is 17.9 Å². The van der Waals surface area contributed by atoms with Crippen molar-refractivity contribution in [2.24, 2.45) is 11.7 Å². The summed E-state index contributed by atoms with van der Waals surface area (Å²) in [7, 11) is 0. The van der Waals surface area contributed by atoms with E-state index in [0.29, 0.717) is 11.8 Å². The van der Waals surface area contributed by atoms with Crippen LogP contribution in [0.25, 0.3) is 0 Å². The zero-order chi connectivity index (χ0) is 10.4. The maximum Gasteiger partial charge on any atom is 0.237 e. The monoisotopic (exact) mass is 204 g/mol. The number of rotatable bonds is 5. The van der Waals surface area contributed by atoms with E-state index in [1.165, 1.54) is 0 Å². The fourth-order valence-corrected chi connectivity index (χ4v) is 0.998. The van der Waals surface area contributed by atoms with Crippen LogP contribution in [0.1, 0.15) is 20.8 Å². The first-order valence-electron chi connectivity index (χ1n) is 4.55. The average Bonchev–Trinajstić information content (AvgIpc) is 2.11. The molecule has 78 valence electrons. The largest absolute Gasteiger partial charge is 0.354 e. The molecule has 0 spiro atoms. The first-order chi connectivity index (χ1) is 5.99. The van der Waals surface area contributed by atoms with E-state index in [1.807, 2.05) is 20.1 Å². The standard InChI is InChI=1S/C9H20N2OS/c1-6(2)8(10)9(12)11-5-7(3)13-4/h6-8H,5,10H2,1-4H3,(H,11,12)/t7?,8-/m1/s1. The normalized spacial score (nSPS) is 15.5. The van der Waals surface area contributed by atoms with E-state index in [9.17, 15) is 4.79 Å². The summed E-state index contributed by atoms with van der Waals surface area (Å²) in [6.07, 6.45) is 2.03. The van der Waals surface area contributed by atoms with Gasteiger partial charge in [-0.3, -0.25) is 4.79 Å². The lowest BCUT2D eigenvalue weighted by Gasteiger charge is -2.16. The summed E-state index contributed by atoms with van der Waals surface area (Å²) < 4.78 is 0. The Bertz CT molecular complexity index is 162. The summed E-state index contributed by atoms with van der Waals surface area (Å²) in [4.78, 5) is 11.4. The van der Waals surface area contributed by atoms with Crippen LogP contribution in [0.2, 0.25) is 0 Å². The molecule has 1 amide bonds. The molecule has 3 nitrogen and oxygen atoms in total. The Morgan fingerprint density at radius 1 is 1.46 bits per heavy atom. The van der Waals surface area contributed by atoms with Crippen molar-refractivity contribution in [3.05, 3.63) is 0 Å². The Balaban J connectivity index is 3.74. The summed E-state index contributed by atoms with van der Waals surface area (Å²) in [5.41, 5.74) is 5.67. The van der Waals surface area contributed by atoms with Crippen LogP contribution in [-0.2, 0) is 4.79 Å². The highest BCUT2D eigenvalue weighted by Crippen LogP contribution is 2.03. The molecule has 0 rings (SSSR count). The smallest absolute Gasteiger partial charge is 0.237 e. The Kier molecular flexibility index (Phi) is 6.16. The minimum absolute atomic E-state index is 0.0455. The van der Waals surface area contributed by atoms with Gasteiger partial charge in [-0.05, 0) is 12.2 Å². The molecule has 0 aromatic rings. The molecule has 4 heteroatoms. The van der Waals surface area contributed by atoms with Crippen LogP contribution < -0.4 is 11.1 Å². The minimum Gasteiger partial charge on any atom is -0.354 e. The van der Waals surface area contributed by atoms with E-state index < -0.39 is 0 Å². The fraction of sp³-hybridized carbons (Fsp3) is 0.889. The molecule has 0 saturated heterocycles. The fourth-order valence-electron chi connectivity index (χ4n) is 0.748. The van der Waals surface area contributed by atoms with Crippen LogP contribution >= 0.6 is 11.8 Å². The van der Waals surface area contributed by atoms with Crippen molar-refractivity contribution in [3.63, 3.8) is 0 Å². The van der Waals surface area contributed by atoms with Crippen molar-refractivity contribution in [3.8, 4) is 0 Å². The van der Waals surface area contributed by atoms with E-state index in [0.717, 1.165) is 0 Å². The number of nitrogens with one attached hydrogen (secondary N) is 1. The molecule has 1 unspecified atom stereocenters. The number of hydrogen-bond acceptors (Lipinski definition) is 3. The highest BCUT2D eigenvalue weighted by Gasteiger charge is 2.16. The third-order valence-corrected chi connectivity index (χ3v) is 2.96. The molecule has 13 heavy (non-hydrogen) atoms.